The molecule has 1 aliphatic rings. The number of rotatable bonds is 6. The molecular weight excluding hydrogens is 403 g/mol. The number of halogens is 1. The predicted molar refractivity (Wildman–Crippen MR) is 111 cm³/mol. The zero-order valence-corrected chi connectivity index (χ0v) is 17.8. The standard InChI is InChI=1S/C23H25FN2O5/c1-13-20(15(3)27)14(2)25-21(13)19(28)12-31-23(30)17-5-4-10-26(11-17)22(29)16-6-8-18(24)9-7-16/h6-9,17,25H,4-5,10-12H2,1-3H3. The van der Waals surface area contributed by atoms with E-state index in [1.54, 1.807) is 18.7 Å². The van der Waals surface area contributed by atoms with Crippen molar-refractivity contribution in [2.45, 2.75) is 33.6 Å². The molecule has 1 aliphatic heterocycles. The molecule has 31 heavy (non-hydrogen) atoms. The number of amides is 1. The largest absolute Gasteiger partial charge is 0.457 e. The number of aromatic nitrogens is 1. The van der Waals surface area contributed by atoms with Crippen molar-refractivity contribution in [3.8, 4) is 0 Å². The van der Waals surface area contributed by atoms with Gasteiger partial charge in [-0.2, -0.15) is 0 Å². The van der Waals surface area contributed by atoms with Crippen molar-refractivity contribution >= 4 is 23.4 Å². The molecule has 2 aromatic rings. The number of benzene rings is 1. The number of esters is 1. The van der Waals surface area contributed by atoms with E-state index in [4.69, 9.17) is 4.74 Å². The first-order valence-electron chi connectivity index (χ1n) is 10.1. The van der Waals surface area contributed by atoms with Crippen LogP contribution >= 0.6 is 0 Å². The van der Waals surface area contributed by atoms with Crippen LogP contribution in [-0.4, -0.2) is 53.0 Å². The molecule has 1 fully saturated rings. The number of likely N-dealkylation sites (tertiary alicyclic amines) is 1. The molecule has 1 aromatic heterocycles. The number of carbonyl (C=O) groups excluding carboxylic acids is 4. The van der Waals surface area contributed by atoms with Crippen LogP contribution in [0.4, 0.5) is 4.39 Å². The van der Waals surface area contributed by atoms with Crippen LogP contribution in [0.1, 0.15) is 62.2 Å². The maximum atomic E-state index is 13.1. The van der Waals surface area contributed by atoms with Crippen LogP contribution in [0.2, 0.25) is 0 Å². The van der Waals surface area contributed by atoms with Crippen LogP contribution in [-0.2, 0) is 9.53 Å². The lowest BCUT2D eigenvalue weighted by atomic mass is 9.97. The highest BCUT2D eigenvalue weighted by Crippen LogP contribution is 2.22. The van der Waals surface area contributed by atoms with Gasteiger partial charge in [0.15, 0.2) is 12.4 Å². The van der Waals surface area contributed by atoms with E-state index < -0.39 is 30.1 Å². The van der Waals surface area contributed by atoms with Crippen LogP contribution in [0.3, 0.4) is 0 Å². The average Bonchev–Trinajstić information content (AvgIpc) is 3.06. The zero-order chi connectivity index (χ0) is 22.7. The minimum Gasteiger partial charge on any atom is -0.457 e. The Morgan fingerprint density at radius 1 is 1.16 bits per heavy atom. The van der Waals surface area contributed by atoms with Gasteiger partial charge in [0.05, 0.1) is 11.6 Å². The molecule has 0 aliphatic carbocycles. The van der Waals surface area contributed by atoms with E-state index >= 15 is 0 Å². The van der Waals surface area contributed by atoms with Gasteiger partial charge >= 0.3 is 5.97 Å². The Balaban J connectivity index is 1.60. The first kappa shape index (κ1) is 22.4. The van der Waals surface area contributed by atoms with Crippen molar-refractivity contribution in [2.24, 2.45) is 5.92 Å². The van der Waals surface area contributed by atoms with E-state index in [1.165, 1.54) is 31.2 Å². The van der Waals surface area contributed by atoms with Crippen molar-refractivity contribution < 1.29 is 28.3 Å². The zero-order valence-electron chi connectivity index (χ0n) is 17.8. The van der Waals surface area contributed by atoms with Crippen molar-refractivity contribution in [3.63, 3.8) is 0 Å². The van der Waals surface area contributed by atoms with Gasteiger partial charge < -0.3 is 14.6 Å². The van der Waals surface area contributed by atoms with Gasteiger partial charge in [-0.3, -0.25) is 19.2 Å². The topological polar surface area (TPSA) is 96.5 Å². The molecule has 3 rings (SSSR count). The third-order valence-corrected chi connectivity index (χ3v) is 5.55. The average molecular weight is 428 g/mol. The number of aromatic amines is 1. The number of nitrogens with one attached hydrogen (secondary N) is 1. The number of hydrogen-bond donors (Lipinski definition) is 1. The Bertz CT molecular complexity index is 1030. The van der Waals surface area contributed by atoms with Gasteiger partial charge in [-0.15, -0.1) is 0 Å². The van der Waals surface area contributed by atoms with Gasteiger partial charge in [0.1, 0.15) is 5.82 Å². The van der Waals surface area contributed by atoms with E-state index in [2.05, 4.69) is 4.98 Å². The summed E-state index contributed by atoms with van der Waals surface area (Å²) in [6.45, 7) is 5.04. The van der Waals surface area contributed by atoms with Crippen molar-refractivity contribution in [1.82, 2.24) is 9.88 Å². The first-order chi connectivity index (χ1) is 14.7. The van der Waals surface area contributed by atoms with Crippen molar-refractivity contribution in [2.75, 3.05) is 19.7 Å². The van der Waals surface area contributed by atoms with E-state index in [1.807, 2.05) is 0 Å². The summed E-state index contributed by atoms with van der Waals surface area (Å²) in [6.07, 6.45) is 1.17. The summed E-state index contributed by atoms with van der Waals surface area (Å²) in [7, 11) is 0. The second-order valence-corrected chi connectivity index (χ2v) is 7.81. The predicted octanol–water partition coefficient (Wildman–Crippen LogP) is 3.25. The number of hydrogen-bond acceptors (Lipinski definition) is 5. The van der Waals surface area contributed by atoms with Gasteiger partial charge in [-0.1, -0.05) is 0 Å². The first-order valence-corrected chi connectivity index (χ1v) is 10.1. The number of carbonyl (C=O) groups is 4. The minimum atomic E-state index is -0.544. The number of ether oxygens (including phenoxy) is 1. The van der Waals surface area contributed by atoms with Gasteiger partial charge in [-0.05, 0) is 63.4 Å². The third-order valence-electron chi connectivity index (χ3n) is 5.55. The fourth-order valence-corrected chi connectivity index (χ4v) is 4.01. The number of Topliss-reactive ketones (excluding diaryl/α,β-unsaturated/α-hetero) is 2. The lowest BCUT2D eigenvalue weighted by Crippen LogP contribution is -2.43. The Kier molecular flexibility index (Phi) is 6.68. The van der Waals surface area contributed by atoms with Gasteiger partial charge in [0, 0.05) is 29.9 Å². The Morgan fingerprint density at radius 3 is 2.45 bits per heavy atom. The number of piperidine rings is 1. The fourth-order valence-electron chi connectivity index (χ4n) is 4.01. The summed E-state index contributed by atoms with van der Waals surface area (Å²) >= 11 is 0. The molecule has 7 nitrogen and oxygen atoms in total. The molecule has 164 valence electrons. The molecule has 1 unspecified atom stereocenters. The maximum Gasteiger partial charge on any atom is 0.311 e. The molecule has 1 aromatic carbocycles. The molecule has 0 bridgehead atoms. The SMILES string of the molecule is CC(=O)c1c(C)[nH]c(C(=O)COC(=O)C2CCCN(C(=O)c3ccc(F)cc3)C2)c1C. The van der Waals surface area contributed by atoms with E-state index in [0.717, 1.165) is 0 Å². The molecule has 0 radical (unpaired) electrons. The molecule has 1 amide bonds. The molecular formula is C23H25FN2O5. The number of nitrogens with zero attached hydrogens (tertiary/aromatic N) is 1. The van der Waals surface area contributed by atoms with Gasteiger partial charge in [0.25, 0.3) is 5.91 Å². The Labute approximate surface area is 179 Å². The lowest BCUT2D eigenvalue weighted by molar-refractivity contribution is -0.148. The molecule has 0 spiro atoms. The quantitative estimate of drug-likeness (QED) is 0.563. The number of H-pyrrole nitrogens is 1. The van der Waals surface area contributed by atoms with E-state index in [-0.39, 0.29) is 23.9 Å². The van der Waals surface area contributed by atoms with Crippen LogP contribution in [0.5, 0.6) is 0 Å². The summed E-state index contributed by atoms with van der Waals surface area (Å²) < 4.78 is 18.3. The van der Waals surface area contributed by atoms with Crippen LogP contribution in [0.15, 0.2) is 24.3 Å². The highest BCUT2D eigenvalue weighted by Gasteiger charge is 2.31. The normalized spacial score (nSPS) is 16.1. The molecule has 1 atom stereocenters. The Hall–Kier alpha value is -3.29. The molecule has 8 heteroatoms. The van der Waals surface area contributed by atoms with Crippen molar-refractivity contribution in [1.29, 1.82) is 0 Å². The second-order valence-electron chi connectivity index (χ2n) is 7.81. The second kappa shape index (κ2) is 9.24. The summed E-state index contributed by atoms with van der Waals surface area (Å²) in [5.41, 5.74) is 2.22. The maximum absolute atomic E-state index is 13.1. The number of aryl methyl sites for hydroxylation is 1. The summed E-state index contributed by atoms with van der Waals surface area (Å²) in [4.78, 5) is 53.8. The smallest absolute Gasteiger partial charge is 0.311 e. The van der Waals surface area contributed by atoms with Gasteiger partial charge in [-0.25, -0.2) is 4.39 Å². The third kappa shape index (κ3) is 4.90. The highest BCUT2D eigenvalue weighted by atomic mass is 19.1. The van der Waals surface area contributed by atoms with Gasteiger partial charge in [0.2, 0.25) is 5.78 Å². The minimum absolute atomic E-state index is 0.143. The molecule has 1 saturated heterocycles. The molecule has 2 heterocycles. The van der Waals surface area contributed by atoms with Crippen molar-refractivity contribution in [3.05, 3.63) is 58.2 Å². The molecule has 1 N–H and O–H groups in total. The van der Waals surface area contributed by atoms with Crippen LogP contribution in [0, 0.1) is 25.6 Å². The van der Waals surface area contributed by atoms with Crippen LogP contribution < -0.4 is 0 Å². The monoisotopic (exact) mass is 428 g/mol. The van der Waals surface area contributed by atoms with Crippen LogP contribution in [0.25, 0.3) is 0 Å². The summed E-state index contributed by atoms with van der Waals surface area (Å²) in [6, 6.07) is 5.26. The Morgan fingerprint density at radius 2 is 1.84 bits per heavy atom. The van der Waals surface area contributed by atoms with E-state index in [9.17, 15) is 23.6 Å². The highest BCUT2D eigenvalue weighted by molar-refractivity contribution is 6.04. The summed E-state index contributed by atoms with van der Waals surface area (Å²) in [5, 5.41) is 0. The fraction of sp³-hybridized carbons (Fsp3) is 0.391. The lowest BCUT2D eigenvalue weighted by Gasteiger charge is -2.31. The summed E-state index contributed by atoms with van der Waals surface area (Å²) in [5.74, 6) is -2.35. The van der Waals surface area contributed by atoms with E-state index in [0.29, 0.717) is 41.8 Å². The molecule has 0 saturated carbocycles. The number of ketones is 2.